The number of amides is 1. The monoisotopic (exact) mass is 470 g/mol. The van der Waals surface area contributed by atoms with Crippen molar-refractivity contribution in [3.05, 3.63) is 10.9 Å². The lowest BCUT2D eigenvalue weighted by Crippen LogP contribution is -2.46. The Bertz CT molecular complexity index is 1000. The van der Waals surface area contributed by atoms with Crippen LogP contribution in [0, 0.1) is 29.1 Å². The van der Waals surface area contributed by atoms with E-state index in [4.69, 9.17) is 0 Å². The molecular weight excluding hydrogens is 432 g/mol. The average molecular weight is 471 g/mol. The summed E-state index contributed by atoms with van der Waals surface area (Å²) in [5.74, 6) is 8.49. The number of aliphatic hydroxyl groups excluding tert-OH is 1. The number of aromatic nitrogens is 3. The summed E-state index contributed by atoms with van der Waals surface area (Å²) in [5, 5.41) is 17.9. The molecule has 7 heteroatoms. The summed E-state index contributed by atoms with van der Waals surface area (Å²) in [5.41, 5.74) is 0.840. The van der Waals surface area contributed by atoms with Gasteiger partial charge in [-0.05, 0) is 84.1 Å². The summed E-state index contributed by atoms with van der Waals surface area (Å²) in [6, 6.07) is 2.20. The molecule has 2 aliphatic carbocycles. The highest BCUT2D eigenvalue weighted by Gasteiger charge is 2.37. The molecule has 0 atom stereocenters. The van der Waals surface area contributed by atoms with Gasteiger partial charge >= 0.3 is 0 Å². The van der Waals surface area contributed by atoms with Gasteiger partial charge in [0.15, 0.2) is 5.82 Å². The molecule has 0 radical (unpaired) electrons. The molecule has 1 amide bonds. The van der Waals surface area contributed by atoms with Crippen molar-refractivity contribution in [3.8, 4) is 22.5 Å². The Morgan fingerprint density at radius 1 is 1.18 bits per heavy atom. The first kappa shape index (κ1) is 24.1. The smallest absolute Gasteiger partial charge is 0.230 e. The molecule has 2 heterocycles. The lowest BCUT2D eigenvalue weighted by atomic mass is 9.81. The fraction of sp³-hybridized carbons (Fsp3) is 0.692. The number of thiophene rings is 1. The molecule has 6 nitrogen and oxygen atoms in total. The maximum atomic E-state index is 14.0. The Morgan fingerprint density at radius 2 is 1.82 bits per heavy atom. The lowest BCUT2D eigenvalue weighted by molar-refractivity contribution is -0.124. The number of anilines is 1. The number of carbonyl (C=O) groups excluding carboxylic acids is 1. The molecule has 2 aromatic heterocycles. The molecule has 0 aliphatic heterocycles. The molecule has 0 saturated heterocycles. The Morgan fingerprint density at radius 3 is 2.39 bits per heavy atom. The van der Waals surface area contributed by atoms with E-state index in [-0.39, 0.29) is 29.4 Å². The Labute approximate surface area is 201 Å². The highest BCUT2D eigenvalue weighted by atomic mass is 32.1. The molecule has 180 valence electrons. The summed E-state index contributed by atoms with van der Waals surface area (Å²) in [6.45, 7) is 8.61. The number of aryl methyl sites for hydroxylation is 1. The Balaban J connectivity index is 1.74. The molecule has 2 N–H and O–H groups in total. The third-order valence-corrected chi connectivity index (χ3v) is 7.95. The van der Waals surface area contributed by atoms with Crippen LogP contribution in [-0.4, -0.2) is 38.2 Å². The first-order chi connectivity index (χ1) is 15.6. The molecule has 2 aliphatic rings. The third kappa shape index (κ3) is 5.73. The van der Waals surface area contributed by atoms with Crippen LogP contribution in [0.3, 0.4) is 0 Å². The number of carbonyl (C=O) groups is 1. The zero-order valence-electron chi connectivity index (χ0n) is 20.6. The minimum Gasteiger partial charge on any atom is -0.393 e. The lowest BCUT2D eigenvalue weighted by Gasteiger charge is -2.39. The van der Waals surface area contributed by atoms with Gasteiger partial charge in [-0.1, -0.05) is 18.8 Å². The zero-order valence-corrected chi connectivity index (χ0v) is 21.5. The van der Waals surface area contributed by atoms with Gasteiger partial charge in [0.25, 0.3) is 0 Å². The van der Waals surface area contributed by atoms with Crippen molar-refractivity contribution < 1.29 is 9.90 Å². The summed E-state index contributed by atoms with van der Waals surface area (Å²) >= 11 is 1.61. The molecule has 33 heavy (non-hydrogen) atoms. The van der Waals surface area contributed by atoms with Gasteiger partial charge in [-0.2, -0.15) is 0 Å². The van der Waals surface area contributed by atoms with Crippen molar-refractivity contribution in [1.82, 2.24) is 15.0 Å². The Hall–Kier alpha value is -2.04. The van der Waals surface area contributed by atoms with Gasteiger partial charge in [0.05, 0.1) is 21.5 Å². The number of aliphatic hydroxyl groups is 1. The van der Waals surface area contributed by atoms with Crippen LogP contribution in [0.2, 0.25) is 0 Å². The van der Waals surface area contributed by atoms with Gasteiger partial charge in [0.1, 0.15) is 0 Å². The molecule has 0 spiro atoms. The van der Waals surface area contributed by atoms with E-state index in [0.29, 0.717) is 5.92 Å². The van der Waals surface area contributed by atoms with Crippen LogP contribution in [0.4, 0.5) is 5.69 Å². The standard InChI is InChI=1S/C26H38N4O2S/c1-17-6-8-18(9-7-17)25(32)30(19-10-12-20(31)13-11-19)22-16-21(14-15-26(2,3)4)33-23(22)24-27-29(5)28-24/h16-20,31H,6-13H2,1-5H3,(H,27,28)/t17-,18+,19-,20+. The third-order valence-electron chi connectivity index (χ3n) is 6.90. The van der Waals surface area contributed by atoms with Crippen molar-refractivity contribution in [2.24, 2.45) is 24.3 Å². The number of nitrogens with one attached hydrogen (secondary N) is 1. The maximum Gasteiger partial charge on any atom is 0.230 e. The van der Waals surface area contributed by atoms with E-state index >= 15 is 0 Å². The van der Waals surface area contributed by atoms with Gasteiger partial charge in [0, 0.05) is 24.4 Å². The zero-order chi connectivity index (χ0) is 23.8. The van der Waals surface area contributed by atoms with Crippen LogP contribution in [0.25, 0.3) is 10.7 Å². The van der Waals surface area contributed by atoms with Gasteiger partial charge in [-0.15, -0.1) is 16.4 Å². The summed E-state index contributed by atoms with van der Waals surface area (Å²) < 4.78 is 0. The number of nitrogens with zero attached hydrogens (tertiary/aromatic N) is 3. The quantitative estimate of drug-likeness (QED) is 0.593. The van der Waals surface area contributed by atoms with Crippen LogP contribution in [0.1, 0.15) is 83.9 Å². The summed E-state index contributed by atoms with van der Waals surface area (Å²) in [6.07, 6.45) is 7.05. The molecule has 0 aromatic carbocycles. The van der Waals surface area contributed by atoms with Gasteiger partial charge in [-0.3, -0.25) is 9.89 Å². The van der Waals surface area contributed by atoms with E-state index in [1.807, 2.05) is 7.05 Å². The van der Waals surface area contributed by atoms with Crippen LogP contribution in [-0.2, 0) is 11.8 Å². The number of aromatic amines is 1. The first-order valence-electron chi connectivity index (χ1n) is 12.4. The van der Waals surface area contributed by atoms with Crippen molar-refractivity contribution in [1.29, 1.82) is 0 Å². The molecular formula is C26H38N4O2S. The van der Waals surface area contributed by atoms with Crippen LogP contribution in [0.5, 0.6) is 0 Å². The normalized spacial score (nSPS) is 26.0. The molecule has 4 rings (SSSR count). The van der Waals surface area contributed by atoms with E-state index in [1.165, 1.54) is 0 Å². The number of hydrogen-bond acceptors (Lipinski definition) is 4. The molecule has 2 saturated carbocycles. The van der Waals surface area contributed by atoms with Crippen molar-refractivity contribution >= 4 is 22.9 Å². The van der Waals surface area contributed by atoms with Gasteiger partial charge < -0.3 is 10.0 Å². The number of rotatable bonds is 4. The van der Waals surface area contributed by atoms with Crippen molar-refractivity contribution in [3.63, 3.8) is 0 Å². The van der Waals surface area contributed by atoms with Crippen molar-refractivity contribution in [2.45, 2.75) is 91.2 Å². The summed E-state index contributed by atoms with van der Waals surface area (Å²) in [4.78, 5) is 19.7. The highest BCUT2D eigenvalue weighted by Crippen LogP contribution is 2.42. The second-order valence-corrected chi connectivity index (χ2v) is 12.1. The summed E-state index contributed by atoms with van der Waals surface area (Å²) in [7, 11) is 1.87. The van der Waals surface area contributed by atoms with Crippen LogP contribution >= 0.6 is 11.3 Å². The predicted octanol–water partition coefficient (Wildman–Crippen LogP) is 5.34. The second kappa shape index (κ2) is 9.68. The minimum atomic E-state index is -0.254. The second-order valence-electron chi connectivity index (χ2n) is 11.0. The average Bonchev–Trinajstić information content (AvgIpc) is 3.15. The number of H-pyrrole nitrogens is 1. The molecule has 0 bridgehead atoms. The van der Waals surface area contributed by atoms with E-state index in [9.17, 15) is 9.90 Å². The van der Waals surface area contributed by atoms with Gasteiger partial charge in [-0.25, -0.2) is 4.80 Å². The minimum absolute atomic E-state index is 0.0730. The molecule has 2 fully saturated rings. The fourth-order valence-corrected chi connectivity index (χ4v) is 5.90. The van der Waals surface area contributed by atoms with E-state index in [1.54, 1.807) is 16.1 Å². The topological polar surface area (TPSA) is 74.2 Å². The van der Waals surface area contributed by atoms with E-state index < -0.39 is 0 Å². The fourth-order valence-electron chi connectivity index (χ4n) is 4.96. The van der Waals surface area contributed by atoms with Crippen molar-refractivity contribution in [2.75, 3.05) is 4.90 Å². The van der Waals surface area contributed by atoms with Crippen LogP contribution in [0.15, 0.2) is 6.07 Å². The number of hydrogen-bond donors (Lipinski definition) is 2. The van der Waals surface area contributed by atoms with Gasteiger partial charge in [0.2, 0.25) is 5.91 Å². The molecule has 2 aromatic rings. The van der Waals surface area contributed by atoms with E-state index in [2.05, 4.69) is 60.7 Å². The van der Waals surface area contributed by atoms with E-state index in [0.717, 1.165) is 72.6 Å². The largest absolute Gasteiger partial charge is 0.393 e. The Kier molecular flexibility index (Phi) is 7.07. The first-order valence-corrected chi connectivity index (χ1v) is 13.2. The maximum absolute atomic E-state index is 14.0. The SMILES string of the molecule is Cn1nc(-c2sc(C#CC(C)(C)C)cc2N(C(=O)[C@H]2CC[C@@H](C)CC2)[C@H]2CC[C@@H](O)CC2)[nH]1. The highest BCUT2D eigenvalue weighted by molar-refractivity contribution is 7.16. The van der Waals surface area contributed by atoms with Crippen LogP contribution < -0.4 is 4.90 Å². The molecule has 0 unspecified atom stereocenters. The predicted molar refractivity (Wildman–Crippen MR) is 134 cm³/mol.